The van der Waals surface area contributed by atoms with Gasteiger partial charge in [-0.2, -0.15) is 0 Å². The molecule has 0 spiro atoms. The first kappa shape index (κ1) is 20.7. The smallest absolute Gasteiger partial charge is 0.300 e. The number of furan rings is 1. The zero-order chi connectivity index (χ0) is 23.1. The highest BCUT2D eigenvalue weighted by Crippen LogP contribution is 2.44. The standard InChI is InChI=1S/C25H21NO7/c1-30-18-8-6-16(13-20(18)31-2)26-22(19-4-3-10-32-19)21(24(28)25(26)29)23(27)15-5-7-17-14(12-15)9-11-33-17/h3-8,10,12-13,22,27H,9,11H2,1-2H3/b23-21-. The second-order valence-corrected chi connectivity index (χ2v) is 7.64. The van der Waals surface area contributed by atoms with Gasteiger partial charge in [-0.05, 0) is 48.0 Å². The van der Waals surface area contributed by atoms with Gasteiger partial charge in [0.25, 0.3) is 11.7 Å². The molecule has 0 aliphatic carbocycles. The second kappa shape index (κ2) is 8.05. The normalized spacial score (nSPS) is 18.8. The SMILES string of the molecule is COc1ccc(N2C(=O)C(=O)/C(=C(\O)c3ccc4c(c3)CCO4)C2c2ccco2)cc1OC. The molecule has 1 aromatic heterocycles. The molecule has 1 unspecified atom stereocenters. The number of carbonyl (C=O) groups is 2. The number of carbonyl (C=O) groups excluding carboxylic acids is 2. The van der Waals surface area contributed by atoms with Crippen LogP contribution in [0.15, 0.2) is 64.8 Å². The van der Waals surface area contributed by atoms with E-state index in [2.05, 4.69) is 0 Å². The van der Waals surface area contributed by atoms with Gasteiger partial charge in [0, 0.05) is 23.7 Å². The molecule has 8 heteroatoms. The molecule has 2 aliphatic heterocycles. The van der Waals surface area contributed by atoms with Crippen LogP contribution in [0.25, 0.3) is 5.76 Å². The van der Waals surface area contributed by atoms with E-state index >= 15 is 0 Å². The topological polar surface area (TPSA) is 98.4 Å². The lowest BCUT2D eigenvalue weighted by Gasteiger charge is -2.24. The van der Waals surface area contributed by atoms with Gasteiger partial charge in [0.2, 0.25) is 0 Å². The molecule has 0 saturated carbocycles. The van der Waals surface area contributed by atoms with Gasteiger partial charge in [-0.15, -0.1) is 0 Å². The van der Waals surface area contributed by atoms with Crippen molar-refractivity contribution in [1.82, 2.24) is 0 Å². The average molecular weight is 447 g/mol. The molecular formula is C25H21NO7. The Hall–Kier alpha value is -4.20. The van der Waals surface area contributed by atoms with E-state index < -0.39 is 17.7 Å². The number of hydrogen-bond donors (Lipinski definition) is 1. The molecule has 33 heavy (non-hydrogen) atoms. The van der Waals surface area contributed by atoms with Gasteiger partial charge in [0.1, 0.15) is 23.3 Å². The highest BCUT2D eigenvalue weighted by Gasteiger charge is 2.48. The molecule has 1 fully saturated rings. The van der Waals surface area contributed by atoms with Gasteiger partial charge in [-0.3, -0.25) is 14.5 Å². The molecule has 5 rings (SSSR count). The van der Waals surface area contributed by atoms with E-state index in [-0.39, 0.29) is 11.3 Å². The Morgan fingerprint density at radius 2 is 1.88 bits per heavy atom. The Balaban J connectivity index is 1.67. The number of ether oxygens (including phenoxy) is 3. The van der Waals surface area contributed by atoms with Crippen molar-refractivity contribution >= 4 is 23.1 Å². The summed E-state index contributed by atoms with van der Waals surface area (Å²) < 4.78 is 21.8. The van der Waals surface area contributed by atoms with Crippen molar-refractivity contribution in [3.63, 3.8) is 0 Å². The van der Waals surface area contributed by atoms with Crippen molar-refractivity contribution in [2.45, 2.75) is 12.5 Å². The number of aliphatic hydroxyl groups excluding tert-OH is 1. The lowest BCUT2D eigenvalue weighted by Crippen LogP contribution is -2.29. The van der Waals surface area contributed by atoms with Crippen molar-refractivity contribution in [2.24, 2.45) is 0 Å². The largest absolute Gasteiger partial charge is 0.507 e. The molecule has 2 aromatic carbocycles. The van der Waals surface area contributed by atoms with E-state index in [9.17, 15) is 14.7 Å². The summed E-state index contributed by atoms with van der Waals surface area (Å²) in [4.78, 5) is 27.7. The first-order valence-electron chi connectivity index (χ1n) is 10.4. The van der Waals surface area contributed by atoms with Crippen molar-refractivity contribution in [3.05, 3.63) is 77.3 Å². The van der Waals surface area contributed by atoms with Gasteiger partial charge in [0.05, 0.1) is 32.7 Å². The Morgan fingerprint density at radius 3 is 2.61 bits per heavy atom. The predicted octanol–water partition coefficient (Wildman–Crippen LogP) is 3.86. The fourth-order valence-corrected chi connectivity index (χ4v) is 4.28. The quantitative estimate of drug-likeness (QED) is 0.360. The molecule has 1 amide bonds. The van der Waals surface area contributed by atoms with Crippen molar-refractivity contribution in [3.8, 4) is 17.2 Å². The molecule has 168 valence electrons. The van der Waals surface area contributed by atoms with E-state index in [4.69, 9.17) is 18.6 Å². The summed E-state index contributed by atoms with van der Waals surface area (Å²) in [5.41, 5.74) is 1.71. The molecule has 0 radical (unpaired) electrons. The van der Waals surface area contributed by atoms with E-state index in [0.29, 0.717) is 41.5 Å². The van der Waals surface area contributed by atoms with Crippen LogP contribution in [0.5, 0.6) is 17.2 Å². The summed E-state index contributed by atoms with van der Waals surface area (Å²) in [5, 5.41) is 11.2. The fraction of sp³-hybridized carbons (Fsp3) is 0.200. The molecule has 2 aliphatic rings. The predicted molar refractivity (Wildman–Crippen MR) is 119 cm³/mol. The number of anilines is 1. The van der Waals surface area contributed by atoms with Gasteiger partial charge in [-0.1, -0.05) is 0 Å². The maximum atomic E-state index is 13.2. The summed E-state index contributed by atoms with van der Waals surface area (Å²) in [5.74, 6) is 0.110. The second-order valence-electron chi connectivity index (χ2n) is 7.64. The maximum Gasteiger partial charge on any atom is 0.300 e. The summed E-state index contributed by atoms with van der Waals surface area (Å²) in [6.45, 7) is 0.565. The van der Waals surface area contributed by atoms with Gasteiger partial charge in [-0.25, -0.2) is 0 Å². The number of fused-ring (bicyclic) bond motifs is 1. The lowest BCUT2D eigenvalue weighted by atomic mass is 9.98. The minimum atomic E-state index is -0.956. The van der Waals surface area contributed by atoms with Gasteiger partial charge >= 0.3 is 0 Å². The number of rotatable bonds is 5. The number of amides is 1. The Morgan fingerprint density at radius 1 is 1.06 bits per heavy atom. The minimum absolute atomic E-state index is 0.0522. The third kappa shape index (κ3) is 3.31. The number of Topliss-reactive ketones (excluding diaryl/α,β-unsaturated/α-hetero) is 1. The van der Waals surface area contributed by atoms with E-state index in [0.717, 1.165) is 11.3 Å². The molecule has 0 bridgehead atoms. The van der Waals surface area contributed by atoms with Crippen molar-refractivity contribution < 1.29 is 33.3 Å². The number of nitrogens with zero attached hydrogens (tertiary/aromatic N) is 1. The summed E-state index contributed by atoms with van der Waals surface area (Å²) in [7, 11) is 2.99. The van der Waals surface area contributed by atoms with Gasteiger partial charge < -0.3 is 23.7 Å². The number of hydrogen-bond acceptors (Lipinski definition) is 7. The van der Waals surface area contributed by atoms with Crippen LogP contribution in [0.3, 0.4) is 0 Å². The summed E-state index contributed by atoms with van der Waals surface area (Å²) in [6.07, 6.45) is 2.16. The number of benzene rings is 2. The van der Waals surface area contributed by atoms with E-state index in [1.807, 2.05) is 0 Å². The van der Waals surface area contributed by atoms with Crippen LogP contribution in [0.4, 0.5) is 5.69 Å². The van der Waals surface area contributed by atoms with Crippen LogP contribution in [-0.4, -0.2) is 37.6 Å². The number of ketones is 1. The molecule has 1 N–H and O–H groups in total. The highest BCUT2D eigenvalue weighted by atomic mass is 16.5. The van der Waals surface area contributed by atoms with Crippen LogP contribution < -0.4 is 19.1 Å². The number of aliphatic hydroxyl groups is 1. The molecular weight excluding hydrogens is 426 g/mol. The van der Waals surface area contributed by atoms with Crippen LogP contribution in [0.2, 0.25) is 0 Å². The molecule has 8 nitrogen and oxygen atoms in total. The first-order chi connectivity index (χ1) is 16.0. The average Bonchev–Trinajstić information content (AvgIpc) is 3.58. The third-order valence-corrected chi connectivity index (χ3v) is 5.87. The monoisotopic (exact) mass is 447 g/mol. The van der Waals surface area contributed by atoms with Crippen LogP contribution in [-0.2, 0) is 16.0 Å². The Kier molecular flexibility index (Phi) is 5.05. The number of methoxy groups -OCH3 is 2. The fourth-order valence-electron chi connectivity index (χ4n) is 4.28. The van der Waals surface area contributed by atoms with Crippen LogP contribution in [0, 0.1) is 0 Å². The minimum Gasteiger partial charge on any atom is -0.507 e. The summed E-state index contributed by atoms with van der Waals surface area (Å²) >= 11 is 0. The first-order valence-corrected chi connectivity index (χ1v) is 10.4. The van der Waals surface area contributed by atoms with E-state index in [1.165, 1.54) is 25.4 Å². The van der Waals surface area contributed by atoms with Crippen LogP contribution >= 0.6 is 0 Å². The Bertz CT molecular complexity index is 1280. The third-order valence-electron chi connectivity index (χ3n) is 5.87. The molecule has 1 saturated heterocycles. The Labute approximate surface area is 189 Å². The maximum absolute atomic E-state index is 13.2. The molecule has 3 heterocycles. The van der Waals surface area contributed by atoms with E-state index in [1.54, 1.807) is 48.5 Å². The summed E-state index contributed by atoms with van der Waals surface area (Å²) in [6, 6.07) is 12.5. The van der Waals surface area contributed by atoms with Gasteiger partial charge in [0.15, 0.2) is 11.5 Å². The lowest BCUT2D eigenvalue weighted by molar-refractivity contribution is -0.132. The van der Waals surface area contributed by atoms with Crippen molar-refractivity contribution in [1.29, 1.82) is 0 Å². The van der Waals surface area contributed by atoms with Crippen LogP contribution in [0.1, 0.15) is 22.9 Å². The zero-order valence-electron chi connectivity index (χ0n) is 18.0. The van der Waals surface area contributed by atoms with Crippen molar-refractivity contribution in [2.75, 3.05) is 25.7 Å². The zero-order valence-corrected chi connectivity index (χ0v) is 18.0. The molecule has 3 aromatic rings. The highest BCUT2D eigenvalue weighted by molar-refractivity contribution is 6.51. The molecule has 1 atom stereocenters.